The van der Waals surface area contributed by atoms with Gasteiger partial charge in [0.25, 0.3) is 0 Å². The summed E-state index contributed by atoms with van der Waals surface area (Å²) < 4.78 is 79.4. The number of pyridine rings is 1. The maximum Gasteiger partial charge on any atom is 0.449 e. The molecule has 0 aliphatic heterocycles. The van der Waals surface area contributed by atoms with Crippen molar-refractivity contribution in [1.82, 2.24) is 4.98 Å². The monoisotopic (exact) mass is 390 g/mol. The van der Waals surface area contributed by atoms with Gasteiger partial charge in [-0.2, -0.15) is 26.3 Å². The minimum atomic E-state index is -5.27. The van der Waals surface area contributed by atoms with E-state index in [1.165, 1.54) is 6.92 Å². The zero-order valence-electron chi connectivity index (χ0n) is 12.2. The first-order valence-corrected chi connectivity index (χ1v) is 6.70. The van der Waals surface area contributed by atoms with Crippen LogP contribution in [0.5, 0.6) is 0 Å². The Balaban J connectivity index is 3.28. The number of allylic oxidation sites excluding steroid dienone is 1. The Hall–Kier alpha value is -2.30. The SMILES string of the molecule is CCOC(=O)C(/C=N/c1ncc(C(F)(F)F)cc1Cl)=C(/O)C(F)(F)F. The molecule has 0 aliphatic carbocycles. The number of nitrogens with zero attached hydrogens (tertiary/aromatic N) is 2. The van der Waals surface area contributed by atoms with Crippen LogP contribution < -0.4 is 0 Å². The molecule has 0 aliphatic rings. The number of carbonyl (C=O) groups excluding carboxylic acids is 1. The van der Waals surface area contributed by atoms with Crippen molar-refractivity contribution in [1.29, 1.82) is 0 Å². The summed E-state index contributed by atoms with van der Waals surface area (Å²) in [7, 11) is 0. The van der Waals surface area contributed by atoms with Crippen molar-refractivity contribution in [3.63, 3.8) is 0 Å². The molecule has 25 heavy (non-hydrogen) atoms. The van der Waals surface area contributed by atoms with Crippen LogP contribution in [0.15, 0.2) is 28.6 Å². The fourth-order valence-corrected chi connectivity index (χ4v) is 1.59. The van der Waals surface area contributed by atoms with Crippen LogP contribution in [0.4, 0.5) is 32.2 Å². The van der Waals surface area contributed by atoms with Gasteiger partial charge in [-0.25, -0.2) is 14.8 Å². The van der Waals surface area contributed by atoms with E-state index in [1.54, 1.807) is 0 Å². The van der Waals surface area contributed by atoms with Crippen molar-refractivity contribution >= 4 is 29.6 Å². The van der Waals surface area contributed by atoms with Crippen LogP contribution >= 0.6 is 11.6 Å². The van der Waals surface area contributed by atoms with Gasteiger partial charge in [0, 0.05) is 12.4 Å². The van der Waals surface area contributed by atoms with E-state index in [4.69, 9.17) is 16.7 Å². The molecule has 1 heterocycles. The van der Waals surface area contributed by atoms with Crippen molar-refractivity contribution in [2.24, 2.45) is 4.99 Å². The molecule has 0 radical (unpaired) electrons. The minimum Gasteiger partial charge on any atom is -0.504 e. The first kappa shape index (κ1) is 20.7. The normalized spacial score (nSPS) is 13.8. The second-order valence-corrected chi connectivity index (χ2v) is 4.67. The fraction of sp³-hybridized carbons (Fsp3) is 0.308. The first-order valence-electron chi connectivity index (χ1n) is 6.32. The van der Waals surface area contributed by atoms with Gasteiger partial charge in [-0.3, -0.25) is 0 Å². The lowest BCUT2D eigenvalue weighted by Crippen LogP contribution is -2.20. The lowest BCUT2D eigenvalue weighted by atomic mass is 10.2. The van der Waals surface area contributed by atoms with Gasteiger partial charge in [0.15, 0.2) is 5.82 Å². The van der Waals surface area contributed by atoms with Crippen molar-refractivity contribution in [2.75, 3.05) is 6.61 Å². The van der Waals surface area contributed by atoms with E-state index in [1.807, 2.05) is 0 Å². The van der Waals surface area contributed by atoms with Crippen LogP contribution in [0.25, 0.3) is 0 Å². The number of aliphatic hydroxyl groups is 1. The van der Waals surface area contributed by atoms with Crippen LogP contribution in [0.2, 0.25) is 5.02 Å². The van der Waals surface area contributed by atoms with Gasteiger partial charge in [-0.1, -0.05) is 11.6 Å². The van der Waals surface area contributed by atoms with E-state index in [9.17, 15) is 31.1 Å². The Bertz CT molecular complexity index is 713. The van der Waals surface area contributed by atoms with Crippen molar-refractivity contribution in [3.8, 4) is 0 Å². The molecule has 1 aromatic rings. The highest BCUT2D eigenvalue weighted by atomic mass is 35.5. The molecule has 138 valence electrons. The van der Waals surface area contributed by atoms with Crippen molar-refractivity contribution in [3.05, 3.63) is 34.2 Å². The Morgan fingerprint density at radius 3 is 2.40 bits per heavy atom. The van der Waals surface area contributed by atoms with Gasteiger partial charge in [0.05, 0.1) is 17.2 Å². The molecule has 5 nitrogen and oxygen atoms in total. The van der Waals surface area contributed by atoms with Crippen LogP contribution in [0, 0.1) is 0 Å². The van der Waals surface area contributed by atoms with Crippen LogP contribution in [-0.2, 0) is 15.7 Å². The predicted molar refractivity (Wildman–Crippen MR) is 74.7 cm³/mol. The molecule has 0 aromatic carbocycles. The third-order valence-corrected chi connectivity index (χ3v) is 2.76. The molecule has 0 spiro atoms. The summed E-state index contributed by atoms with van der Waals surface area (Å²) in [5.74, 6) is -4.41. The summed E-state index contributed by atoms with van der Waals surface area (Å²) in [6, 6.07) is 0.457. The molecule has 0 amide bonds. The molecule has 1 aromatic heterocycles. The van der Waals surface area contributed by atoms with Gasteiger partial charge in [-0.15, -0.1) is 0 Å². The third kappa shape index (κ3) is 5.62. The minimum absolute atomic E-state index is 0.252. The molecule has 1 N–H and O–H groups in total. The van der Waals surface area contributed by atoms with Crippen LogP contribution in [0.1, 0.15) is 12.5 Å². The molecule has 0 unspecified atom stereocenters. The zero-order valence-corrected chi connectivity index (χ0v) is 13.0. The van der Waals surface area contributed by atoms with E-state index >= 15 is 0 Å². The number of hydrogen-bond acceptors (Lipinski definition) is 5. The first-order chi connectivity index (χ1) is 11.4. The standard InChI is InChI=1S/C13H9ClF6N2O3/c1-2-25-11(24)7(9(23)13(18,19)20)5-22-10-8(14)3-6(4-21-10)12(15,16)17/h3-5,23H,2H2,1H3/b9-7+,22-5+. The van der Waals surface area contributed by atoms with Gasteiger partial charge in [0.1, 0.15) is 5.57 Å². The van der Waals surface area contributed by atoms with Gasteiger partial charge < -0.3 is 9.84 Å². The molecular formula is C13H9ClF6N2O3. The summed E-state index contributed by atoms with van der Waals surface area (Å²) in [5.41, 5.74) is -2.55. The number of aliphatic imine (C=N–C) groups is 1. The van der Waals surface area contributed by atoms with Gasteiger partial charge in [-0.05, 0) is 13.0 Å². The Morgan fingerprint density at radius 1 is 1.36 bits per heavy atom. The quantitative estimate of drug-likeness (QED) is 0.272. The van der Waals surface area contributed by atoms with E-state index in [2.05, 4.69) is 14.7 Å². The lowest BCUT2D eigenvalue weighted by Gasteiger charge is -2.09. The molecule has 0 bridgehead atoms. The molecule has 12 heteroatoms. The molecule has 0 saturated heterocycles. The molecule has 0 atom stereocenters. The fourth-order valence-electron chi connectivity index (χ4n) is 1.38. The third-order valence-electron chi connectivity index (χ3n) is 2.48. The molecule has 0 saturated carbocycles. The predicted octanol–water partition coefficient (Wildman–Crippen LogP) is 4.39. The molecular weight excluding hydrogens is 382 g/mol. The summed E-state index contributed by atoms with van der Waals surface area (Å²) >= 11 is 5.54. The summed E-state index contributed by atoms with van der Waals surface area (Å²) in [5, 5.41) is 8.48. The number of ether oxygens (including phenoxy) is 1. The second kappa shape index (κ2) is 7.72. The summed E-state index contributed by atoms with van der Waals surface area (Å²) in [4.78, 5) is 18.1. The average molecular weight is 391 g/mol. The van der Waals surface area contributed by atoms with E-state index in [0.29, 0.717) is 12.3 Å². The lowest BCUT2D eigenvalue weighted by molar-refractivity contribution is -0.141. The Morgan fingerprint density at radius 2 is 1.96 bits per heavy atom. The average Bonchev–Trinajstić information content (AvgIpc) is 2.46. The van der Waals surface area contributed by atoms with E-state index in [-0.39, 0.29) is 12.8 Å². The number of hydrogen-bond donors (Lipinski definition) is 1. The van der Waals surface area contributed by atoms with E-state index < -0.39 is 46.1 Å². The number of aromatic nitrogens is 1. The number of halogens is 7. The number of esters is 1. The van der Waals surface area contributed by atoms with E-state index in [0.717, 1.165) is 0 Å². The number of aliphatic hydroxyl groups excluding tert-OH is 1. The zero-order chi connectivity index (χ0) is 19.4. The highest BCUT2D eigenvalue weighted by molar-refractivity contribution is 6.32. The number of alkyl halides is 6. The van der Waals surface area contributed by atoms with Crippen LogP contribution in [0.3, 0.4) is 0 Å². The molecule has 1 rings (SSSR count). The summed E-state index contributed by atoms with van der Waals surface area (Å²) in [6.07, 6.45) is -9.40. The largest absolute Gasteiger partial charge is 0.504 e. The maximum atomic E-state index is 12.5. The molecule has 0 fully saturated rings. The summed E-state index contributed by atoms with van der Waals surface area (Å²) in [6.45, 7) is 1.02. The highest BCUT2D eigenvalue weighted by Crippen LogP contribution is 2.33. The van der Waals surface area contributed by atoms with Crippen molar-refractivity contribution < 1.29 is 41.0 Å². The van der Waals surface area contributed by atoms with Crippen molar-refractivity contribution in [2.45, 2.75) is 19.3 Å². The number of carbonyl (C=O) groups is 1. The van der Waals surface area contributed by atoms with Crippen LogP contribution in [-0.4, -0.2) is 35.1 Å². The number of rotatable bonds is 4. The second-order valence-electron chi connectivity index (χ2n) is 4.27. The maximum absolute atomic E-state index is 12.5. The van der Waals surface area contributed by atoms with Gasteiger partial charge in [0.2, 0.25) is 5.76 Å². The highest BCUT2D eigenvalue weighted by Gasteiger charge is 2.38. The Labute approximate surface area is 141 Å². The Kier molecular flexibility index (Phi) is 6.41. The van der Waals surface area contributed by atoms with Gasteiger partial charge >= 0.3 is 18.3 Å². The smallest absolute Gasteiger partial charge is 0.449 e. The topological polar surface area (TPSA) is 71.8 Å².